The number of benzene rings is 3. The van der Waals surface area contributed by atoms with E-state index in [9.17, 15) is 31.5 Å². The van der Waals surface area contributed by atoms with Gasteiger partial charge in [0.25, 0.3) is 0 Å². The highest BCUT2D eigenvalue weighted by Gasteiger charge is 2.33. The van der Waals surface area contributed by atoms with Crippen molar-refractivity contribution >= 4 is 45.8 Å². The van der Waals surface area contributed by atoms with E-state index < -0.39 is 57.3 Å². The normalized spacial score (nSPS) is 15.5. The van der Waals surface area contributed by atoms with Crippen LogP contribution in [0.5, 0.6) is 0 Å². The van der Waals surface area contributed by atoms with Gasteiger partial charge in [-0.3, -0.25) is 9.78 Å². The summed E-state index contributed by atoms with van der Waals surface area (Å²) in [6.07, 6.45) is -3.72. The average Bonchev–Trinajstić information content (AvgIpc) is 2.96. The number of aromatic nitrogens is 2. The number of alkyl halides is 3. The first-order valence-corrected chi connectivity index (χ1v) is 12.6. The molecule has 1 aromatic heterocycles. The zero-order valence-electron chi connectivity index (χ0n) is 21.1. The van der Waals surface area contributed by atoms with Gasteiger partial charge in [-0.1, -0.05) is 11.6 Å². The number of fused-ring (bicyclic) bond motifs is 1. The Morgan fingerprint density at radius 1 is 1.00 bits per heavy atom. The van der Waals surface area contributed by atoms with E-state index >= 15 is 4.39 Å². The van der Waals surface area contributed by atoms with Gasteiger partial charge in [-0.2, -0.15) is 13.2 Å². The Hall–Kier alpha value is -4.27. The predicted molar refractivity (Wildman–Crippen MR) is 140 cm³/mol. The number of ether oxygens (including phenoxy) is 1. The van der Waals surface area contributed by atoms with Crippen LogP contribution in [0.3, 0.4) is 0 Å². The lowest BCUT2D eigenvalue weighted by atomic mass is 10.0. The number of morpholine rings is 1. The number of anilines is 2. The summed E-state index contributed by atoms with van der Waals surface area (Å²) in [5.74, 6) is -6.33. The van der Waals surface area contributed by atoms with E-state index in [1.54, 1.807) is 0 Å². The van der Waals surface area contributed by atoms with Gasteiger partial charge in [0, 0.05) is 30.4 Å². The number of rotatable bonds is 5. The van der Waals surface area contributed by atoms with Crippen molar-refractivity contribution in [3.8, 4) is 0 Å². The number of nitrogens with one attached hydrogen (secondary N) is 3. The van der Waals surface area contributed by atoms with E-state index in [0.29, 0.717) is 43.0 Å². The maximum Gasteiger partial charge on any atom is 0.417 e. The molecule has 218 valence electrons. The van der Waals surface area contributed by atoms with Crippen LogP contribution in [0.25, 0.3) is 11.0 Å². The van der Waals surface area contributed by atoms with Crippen molar-refractivity contribution < 1.29 is 40.7 Å². The quantitative estimate of drug-likeness (QED) is 0.140. The summed E-state index contributed by atoms with van der Waals surface area (Å²) in [7, 11) is 0. The number of halogens is 7. The number of urea groups is 1. The molecule has 3 aromatic carbocycles. The van der Waals surface area contributed by atoms with Crippen LogP contribution < -0.4 is 16.0 Å². The van der Waals surface area contributed by atoms with Crippen LogP contribution in [-0.4, -0.2) is 41.5 Å². The van der Waals surface area contributed by atoms with Crippen molar-refractivity contribution in [3.63, 3.8) is 0 Å². The van der Waals surface area contributed by atoms with Crippen LogP contribution in [0, 0.1) is 17.5 Å². The van der Waals surface area contributed by atoms with Crippen molar-refractivity contribution in [1.29, 1.82) is 0 Å². The first-order valence-electron chi connectivity index (χ1n) is 12.2. The molecule has 1 fully saturated rings. The van der Waals surface area contributed by atoms with Gasteiger partial charge in [0.05, 0.1) is 51.4 Å². The molecule has 4 aromatic rings. The molecule has 1 unspecified atom stereocenters. The summed E-state index contributed by atoms with van der Waals surface area (Å²) >= 11 is 5.55. The van der Waals surface area contributed by atoms with Crippen LogP contribution >= 0.6 is 11.6 Å². The fraction of sp³-hybridized carbons (Fsp3) is 0.185. The predicted octanol–water partition coefficient (Wildman–Crippen LogP) is 6.26. The summed E-state index contributed by atoms with van der Waals surface area (Å²) in [6, 6.07) is 5.29. The van der Waals surface area contributed by atoms with Crippen LogP contribution in [0.1, 0.15) is 33.3 Å². The Morgan fingerprint density at radius 2 is 1.79 bits per heavy atom. The molecule has 0 radical (unpaired) electrons. The number of amides is 2. The maximum absolute atomic E-state index is 15.3. The van der Waals surface area contributed by atoms with Crippen LogP contribution in [0.2, 0.25) is 5.02 Å². The SMILES string of the molecule is O=C(Nc1ccc(Cl)c(C(F)(F)F)c1)Nc1cc(F)c(F)c(C(=O)c2ccc3nc(C4CNCCO4)cnc3c2)c1F. The van der Waals surface area contributed by atoms with Gasteiger partial charge in [0.2, 0.25) is 0 Å². The van der Waals surface area contributed by atoms with E-state index in [1.807, 2.05) is 10.6 Å². The van der Waals surface area contributed by atoms with Gasteiger partial charge in [-0.25, -0.2) is 22.9 Å². The van der Waals surface area contributed by atoms with Crippen molar-refractivity contribution in [2.24, 2.45) is 0 Å². The van der Waals surface area contributed by atoms with E-state index in [2.05, 4.69) is 15.3 Å². The third kappa shape index (κ3) is 6.00. The van der Waals surface area contributed by atoms with Gasteiger partial charge < -0.3 is 20.7 Å². The molecule has 42 heavy (non-hydrogen) atoms. The number of carbonyl (C=O) groups excluding carboxylic acids is 2. The molecule has 0 saturated carbocycles. The lowest BCUT2D eigenvalue weighted by molar-refractivity contribution is -0.137. The van der Waals surface area contributed by atoms with Gasteiger partial charge in [-0.15, -0.1) is 0 Å². The fourth-order valence-corrected chi connectivity index (χ4v) is 4.44. The lowest BCUT2D eigenvalue weighted by Gasteiger charge is -2.22. The molecular weight excluding hydrogens is 592 g/mol. The molecule has 0 aliphatic carbocycles. The first kappa shape index (κ1) is 29.2. The molecular formula is C27H18ClF6N5O3. The average molecular weight is 610 g/mol. The molecule has 2 amide bonds. The topological polar surface area (TPSA) is 105 Å². The third-order valence-corrected chi connectivity index (χ3v) is 6.57. The summed E-state index contributed by atoms with van der Waals surface area (Å²) in [6.45, 7) is 1.71. The number of ketones is 1. The summed E-state index contributed by atoms with van der Waals surface area (Å²) in [5.41, 5.74) is -3.00. The van der Waals surface area contributed by atoms with Crippen molar-refractivity contribution in [1.82, 2.24) is 15.3 Å². The molecule has 3 N–H and O–H groups in total. The molecule has 2 heterocycles. The van der Waals surface area contributed by atoms with Crippen molar-refractivity contribution in [3.05, 3.63) is 93.5 Å². The summed E-state index contributed by atoms with van der Waals surface area (Å²) in [5, 5.41) is 6.43. The second-order valence-corrected chi connectivity index (χ2v) is 9.48. The summed E-state index contributed by atoms with van der Waals surface area (Å²) in [4.78, 5) is 34.2. The van der Waals surface area contributed by atoms with Crippen molar-refractivity contribution in [2.45, 2.75) is 12.3 Å². The fourth-order valence-electron chi connectivity index (χ4n) is 4.22. The molecule has 1 aliphatic rings. The number of carbonyl (C=O) groups is 2. The first-order chi connectivity index (χ1) is 19.9. The second kappa shape index (κ2) is 11.5. The Morgan fingerprint density at radius 3 is 2.50 bits per heavy atom. The van der Waals surface area contributed by atoms with Crippen LogP contribution in [0.15, 0.2) is 48.7 Å². The molecule has 1 saturated heterocycles. The molecule has 1 aliphatic heterocycles. The van der Waals surface area contributed by atoms with E-state index in [1.165, 1.54) is 24.4 Å². The largest absolute Gasteiger partial charge is 0.417 e. The van der Waals surface area contributed by atoms with Crippen LogP contribution in [-0.2, 0) is 10.9 Å². The lowest BCUT2D eigenvalue weighted by Crippen LogP contribution is -2.33. The van der Waals surface area contributed by atoms with E-state index in [0.717, 1.165) is 12.1 Å². The molecule has 1 atom stereocenters. The van der Waals surface area contributed by atoms with Gasteiger partial charge in [0.1, 0.15) is 6.10 Å². The zero-order chi connectivity index (χ0) is 30.2. The zero-order valence-corrected chi connectivity index (χ0v) is 21.8. The highest BCUT2D eigenvalue weighted by atomic mass is 35.5. The van der Waals surface area contributed by atoms with Crippen LogP contribution in [0.4, 0.5) is 42.5 Å². The number of hydrogen-bond acceptors (Lipinski definition) is 6. The Bertz CT molecular complexity index is 1710. The minimum atomic E-state index is -4.83. The minimum absolute atomic E-state index is 0.213. The van der Waals surface area contributed by atoms with Gasteiger partial charge in [0.15, 0.2) is 23.2 Å². The number of nitrogens with zero attached hydrogens (tertiary/aromatic N) is 2. The highest BCUT2D eigenvalue weighted by Crippen LogP contribution is 2.36. The van der Waals surface area contributed by atoms with E-state index in [4.69, 9.17) is 16.3 Å². The van der Waals surface area contributed by atoms with Gasteiger partial charge in [-0.05, 0) is 36.4 Å². The maximum atomic E-state index is 15.3. The number of hydrogen-bond donors (Lipinski definition) is 3. The van der Waals surface area contributed by atoms with Gasteiger partial charge >= 0.3 is 12.2 Å². The Labute approximate surface area is 238 Å². The Balaban J connectivity index is 1.39. The third-order valence-electron chi connectivity index (χ3n) is 6.24. The monoisotopic (exact) mass is 609 g/mol. The molecule has 0 bridgehead atoms. The van der Waals surface area contributed by atoms with Crippen molar-refractivity contribution in [2.75, 3.05) is 30.3 Å². The molecule has 0 spiro atoms. The molecule has 5 rings (SSSR count). The molecule has 8 nitrogen and oxygen atoms in total. The Kier molecular flexibility index (Phi) is 8.03. The highest BCUT2D eigenvalue weighted by molar-refractivity contribution is 6.31. The minimum Gasteiger partial charge on any atom is -0.369 e. The molecule has 15 heteroatoms. The second-order valence-electron chi connectivity index (χ2n) is 9.07. The smallest absolute Gasteiger partial charge is 0.369 e. The summed E-state index contributed by atoms with van der Waals surface area (Å²) < 4.78 is 89.4. The van der Waals surface area contributed by atoms with E-state index in [-0.39, 0.29) is 22.9 Å². The standard InChI is InChI=1S/C27H18ClF6N5O3/c28-15-3-2-13(8-14(15)27(32,33)34)37-26(41)39-19-9-16(29)23(30)22(24(19)31)25(40)12-1-4-17-18(7-12)36-10-20(38-17)21-11-35-5-6-42-21/h1-4,7-10,21,35H,5-6,11H2,(H2,37,39,41).